The molecule has 1 aromatic heterocycles. The first-order valence-corrected chi connectivity index (χ1v) is 4.89. The largest absolute Gasteiger partial charge is 0.384 e. The van der Waals surface area contributed by atoms with Gasteiger partial charge in [-0.25, -0.2) is 4.98 Å². The minimum absolute atomic E-state index is 0.592. The lowest BCUT2D eigenvalue weighted by molar-refractivity contribution is 0.779. The molecular formula is C11H15N3. The van der Waals surface area contributed by atoms with Gasteiger partial charge in [-0.2, -0.15) is 0 Å². The van der Waals surface area contributed by atoms with Crippen molar-refractivity contribution in [3.63, 3.8) is 0 Å². The number of hydrogen-bond donors (Lipinski definition) is 1. The third kappa shape index (κ3) is 1.87. The van der Waals surface area contributed by atoms with E-state index in [1.807, 2.05) is 18.2 Å². The standard InChI is InChI=1S/C11H15N3/c1-9-4-3-7-14(8-9)11-6-2-5-10(12)13-11/h2,4-6H,3,7-8H2,1H3,(H2,12,13). The quantitative estimate of drug-likeness (QED) is 0.685. The summed E-state index contributed by atoms with van der Waals surface area (Å²) in [5, 5.41) is 0. The zero-order valence-corrected chi connectivity index (χ0v) is 8.40. The number of anilines is 2. The first-order valence-electron chi connectivity index (χ1n) is 4.89. The Balaban J connectivity index is 2.19. The summed E-state index contributed by atoms with van der Waals surface area (Å²) in [6.07, 6.45) is 3.38. The molecule has 0 spiro atoms. The minimum atomic E-state index is 0.592. The second-order valence-electron chi connectivity index (χ2n) is 3.68. The fourth-order valence-corrected chi connectivity index (χ4v) is 1.72. The summed E-state index contributed by atoms with van der Waals surface area (Å²) in [6, 6.07) is 5.77. The molecule has 14 heavy (non-hydrogen) atoms. The van der Waals surface area contributed by atoms with Crippen LogP contribution in [-0.4, -0.2) is 18.1 Å². The molecule has 0 amide bonds. The van der Waals surface area contributed by atoms with Crippen molar-refractivity contribution in [1.29, 1.82) is 0 Å². The van der Waals surface area contributed by atoms with Crippen molar-refractivity contribution in [2.45, 2.75) is 13.3 Å². The monoisotopic (exact) mass is 189 g/mol. The van der Waals surface area contributed by atoms with Gasteiger partial charge in [0.1, 0.15) is 11.6 Å². The summed E-state index contributed by atoms with van der Waals surface area (Å²) in [5.41, 5.74) is 7.05. The van der Waals surface area contributed by atoms with E-state index in [1.165, 1.54) is 5.57 Å². The molecular weight excluding hydrogens is 174 g/mol. The maximum Gasteiger partial charge on any atom is 0.131 e. The van der Waals surface area contributed by atoms with Crippen molar-refractivity contribution >= 4 is 11.6 Å². The first-order chi connectivity index (χ1) is 6.75. The summed E-state index contributed by atoms with van der Waals surface area (Å²) >= 11 is 0. The predicted molar refractivity (Wildman–Crippen MR) is 59.2 cm³/mol. The minimum Gasteiger partial charge on any atom is -0.384 e. The van der Waals surface area contributed by atoms with Gasteiger partial charge in [-0.15, -0.1) is 0 Å². The van der Waals surface area contributed by atoms with Crippen LogP contribution in [0.2, 0.25) is 0 Å². The maximum absolute atomic E-state index is 5.65. The second kappa shape index (κ2) is 3.70. The molecule has 0 saturated carbocycles. The van der Waals surface area contributed by atoms with Gasteiger partial charge in [-0.1, -0.05) is 17.7 Å². The molecule has 1 aliphatic rings. The van der Waals surface area contributed by atoms with Gasteiger partial charge in [0.25, 0.3) is 0 Å². The van der Waals surface area contributed by atoms with Crippen LogP contribution in [0.1, 0.15) is 13.3 Å². The smallest absolute Gasteiger partial charge is 0.131 e. The number of nitrogen functional groups attached to an aromatic ring is 1. The van der Waals surface area contributed by atoms with Gasteiger partial charge in [-0.3, -0.25) is 0 Å². The molecule has 0 fully saturated rings. The van der Waals surface area contributed by atoms with Crippen LogP contribution in [0.25, 0.3) is 0 Å². The summed E-state index contributed by atoms with van der Waals surface area (Å²) in [5.74, 6) is 1.58. The zero-order chi connectivity index (χ0) is 9.97. The van der Waals surface area contributed by atoms with Gasteiger partial charge < -0.3 is 10.6 Å². The second-order valence-corrected chi connectivity index (χ2v) is 3.68. The van der Waals surface area contributed by atoms with Gasteiger partial charge in [0.15, 0.2) is 0 Å². The maximum atomic E-state index is 5.65. The molecule has 0 aromatic carbocycles. The van der Waals surface area contributed by atoms with E-state index in [4.69, 9.17) is 5.73 Å². The van der Waals surface area contributed by atoms with E-state index in [0.29, 0.717) is 5.82 Å². The van der Waals surface area contributed by atoms with Crippen molar-refractivity contribution in [2.75, 3.05) is 23.7 Å². The van der Waals surface area contributed by atoms with Gasteiger partial charge in [0.2, 0.25) is 0 Å². The van der Waals surface area contributed by atoms with E-state index in [-0.39, 0.29) is 0 Å². The topological polar surface area (TPSA) is 42.1 Å². The van der Waals surface area contributed by atoms with Crippen molar-refractivity contribution in [3.05, 3.63) is 29.8 Å². The van der Waals surface area contributed by atoms with Crippen LogP contribution < -0.4 is 10.6 Å². The fourth-order valence-electron chi connectivity index (χ4n) is 1.72. The Morgan fingerprint density at radius 2 is 2.29 bits per heavy atom. The number of aromatic nitrogens is 1. The van der Waals surface area contributed by atoms with Gasteiger partial charge in [0, 0.05) is 13.1 Å². The van der Waals surface area contributed by atoms with Gasteiger partial charge >= 0.3 is 0 Å². The first kappa shape index (κ1) is 9.06. The molecule has 1 aromatic rings. The third-order valence-electron chi connectivity index (χ3n) is 2.41. The molecule has 74 valence electrons. The van der Waals surface area contributed by atoms with Crippen LogP contribution in [0.5, 0.6) is 0 Å². The number of hydrogen-bond acceptors (Lipinski definition) is 3. The van der Waals surface area contributed by atoms with Crippen LogP contribution in [0, 0.1) is 0 Å². The Bertz CT molecular complexity index is 357. The molecule has 2 rings (SSSR count). The highest BCUT2D eigenvalue weighted by Gasteiger charge is 2.11. The van der Waals surface area contributed by atoms with Gasteiger partial charge in [0.05, 0.1) is 0 Å². The van der Waals surface area contributed by atoms with Crippen molar-refractivity contribution in [3.8, 4) is 0 Å². The number of nitrogens with zero attached hydrogens (tertiary/aromatic N) is 2. The van der Waals surface area contributed by atoms with E-state index >= 15 is 0 Å². The summed E-state index contributed by atoms with van der Waals surface area (Å²) in [4.78, 5) is 6.56. The van der Waals surface area contributed by atoms with Crippen molar-refractivity contribution in [2.24, 2.45) is 0 Å². The number of pyridine rings is 1. The highest BCUT2D eigenvalue weighted by Crippen LogP contribution is 2.17. The van der Waals surface area contributed by atoms with E-state index in [1.54, 1.807) is 0 Å². The third-order valence-corrected chi connectivity index (χ3v) is 2.41. The molecule has 0 aliphatic carbocycles. The highest BCUT2D eigenvalue weighted by atomic mass is 15.2. The lowest BCUT2D eigenvalue weighted by Gasteiger charge is -2.27. The lowest BCUT2D eigenvalue weighted by Crippen LogP contribution is -2.29. The average Bonchev–Trinajstić information content (AvgIpc) is 2.18. The SMILES string of the molecule is CC1=CCCN(c2cccc(N)n2)C1. The summed E-state index contributed by atoms with van der Waals surface area (Å²) in [7, 11) is 0. The van der Waals surface area contributed by atoms with E-state index < -0.39 is 0 Å². The Morgan fingerprint density at radius 1 is 1.43 bits per heavy atom. The highest BCUT2D eigenvalue weighted by molar-refractivity contribution is 5.46. The molecule has 0 radical (unpaired) electrons. The van der Waals surface area contributed by atoms with Crippen LogP contribution in [0.15, 0.2) is 29.8 Å². The lowest BCUT2D eigenvalue weighted by atomic mass is 10.1. The van der Waals surface area contributed by atoms with Crippen LogP contribution in [-0.2, 0) is 0 Å². The van der Waals surface area contributed by atoms with E-state index in [2.05, 4.69) is 22.9 Å². The van der Waals surface area contributed by atoms with E-state index in [9.17, 15) is 0 Å². The number of rotatable bonds is 1. The molecule has 1 aliphatic heterocycles. The van der Waals surface area contributed by atoms with Crippen molar-refractivity contribution < 1.29 is 0 Å². The molecule has 0 atom stereocenters. The average molecular weight is 189 g/mol. The molecule has 2 heterocycles. The van der Waals surface area contributed by atoms with Crippen molar-refractivity contribution in [1.82, 2.24) is 4.98 Å². The zero-order valence-electron chi connectivity index (χ0n) is 8.40. The summed E-state index contributed by atoms with van der Waals surface area (Å²) in [6.45, 7) is 4.16. The van der Waals surface area contributed by atoms with Crippen LogP contribution in [0.3, 0.4) is 0 Å². The molecule has 3 heteroatoms. The Morgan fingerprint density at radius 3 is 3.00 bits per heavy atom. The Hall–Kier alpha value is -1.51. The van der Waals surface area contributed by atoms with Gasteiger partial charge in [-0.05, 0) is 25.5 Å². The Labute approximate surface area is 84.2 Å². The van der Waals surface area contributed by atoms with Crippen LogP contribution >= 0.6 is 0 Å². The normalized spacial score (nSPS) is 16.6. The molecule has 2 N–H and O–H groups in total. The molecule has 0 unspecified atom stereocenters. The van der Waals surface area contributed by atoms with E-state index in [0.717, 1.165) is 25.3 Å². The molecule has 0 bridgehead atoms. The predicted octanol–water partition coefficient (Wildman–Crippen LogP) is 1.82. The fraction of sp³-hybridized carbons (Fsp3) is 0.364. The Kier molecular flexibility index (Phi) is 2.39. The van der Waals surface area contributed by atoms with Crippen LogP contribution in [0.4, 0.5) is 11.6 Å². The summed E-state index contributed by atoms with van der Waals surface area (Å²) < 4.78 is 0. The molecule has 3 nitrogen and oxygen atoms in total. The molecule has 0 saturated heterocycles. The number of nitrogens with two attached hydrogens (primary N) is 1.